The second-order valence-corrected chi connectivity index (χ2v) is 12.0. The predicted octanol–water partition coefficient (Wildman–Crippen LogP) is 5.83. The monoisotopic (exact) mass is 553 g/mol. The first-order valence-electron chi connectivity index (χ1n) is 14.0. The predicted molar refractivity (Wildman–Crippen MR) is 159 cm³/mol. The molecule has 0 heterocycles. The fourth-order valence-electron chi connectivity index (χ4n) is 4.61. The van der Waals surface area contributed by atoms with Crippen LogP contribution in [0.2, 0.25) is 0 Å². The first-order chi connectivity index (χ1) is 18.6. The lowest BCUT2D eigenvalue weighted by atomic mass is 9.96. The molecule has 8 heteroatoms. The molecule has 3 atom stereocenters. The summed E-state index contributed by atoms with van der Waals surface area (Å²) in [4.78, 5) is 42.4. The summed E-state index contributed by atoms with van der Waals surface area (Å²) in [5, 5.41) is 15.8. The van der Waals surface area contributed by atoms with E-state index in [-0.39, 0.29) is 11.9 Å². The van der Waals surface area contributed by atoms with Crippen LogP contribution in [0.15, 0.2) is 42.5 Å². The number of nitrogens with one attached hydrogen (secondary N) is 2. The van der Waals surface area contributed by atoms with Gasteiger partial charge in [0.1, 0.15) is 17.7 Å². The van der Waals surface area contributed by atoms with E-state index in [4.69, 9.17) is 4.74 Å². The molecule has 0 fully saturated rings. The minimum absolute atomic E-state index is 0.373. The van der Waals surface area contributed by atoms with Crippen molar-refractivity contribution in [2.75, 3.05) is 11.9 Å². The summed E-state index contributed by atoms with van der Waals surface area (Å²) in [5.74, 6) is -0.553. The highest BCUT2D eigenvalue weighted by Gasteiger charge is 2.39. The molecule has 0 bridgehead atoms. The maximum atomic E-state index is 14.2. The SMILES string of the molecule is Cc1cccc(C(C(=O)Nc2c(C)cccc2C)N(C(=O)C(CO)NC(=O)OC(C)(C)C)C(C)CCC(C)C)c1. The molecule has 220 valence electrons. The molecule has 0 spiro atoms. The Morgan fingerprint density at radius 1 is 0.950 bits per heavy atom. The average Bonchev–Trinajstić information content (AvgIpc) is 2.85. The van der Waals surface area contributed by atoms with Gasteiger partial charge in [-0.25, -0.2) is 4.79 Å². The number of aliphatic hydroxyl groups excluding tert-OH is 1. The molecule has 2 rings (SSSR count). The van der Waals surface area contributed by atoms with Gasteiger partial charge < -0.3 is 25.4 Å². The molecule has 40 heavy (non-hydrogen) atoms. The first-order valence-corrected chi connectivity index (χ1v) is 14.0. The lowest BCUT2D eigenvalue weighted by Crippen LogP contribution is -2.56. The summed E-state index contributed by atoms with van der Waals surface area (Å²) < 4.78 is 5.34. The van der Waals surface area contributed by atoms with Crippen LogP contribution in [-0.4, -0.2) is 52.2 Å². The van der Waals surface area contributed by atoms with Crippen LogP contribution in [0.4, 0.5) is 10.5 Å². The van der Waals surface area contributed by atoms with E-state index in [9.17, 15) is 19.5 Å². The number of para-hydroxylation sites is 1. The second kappa shape index (κ2) is 14.3. The highest BCUT2D eigenvalue weighted by atomic mass is 16.6. The van der Waals surface area contributed by atoms with E-state index in [1.807, 2.05) is 70.2 Å². The van der Waals surface area contributed by atoms with E-state index in [1.54, 1.807) is 20.8 Å². The van der Waals surface area contributed by atoms with Crippen LogP contribution in [0.25, 0.3) is 0 Å². The third kappa shape index (κ3) is 9.37. The van der Waals surface area contributed by atoms with Crippen molar-refractivity contribution in [3.63, 3.8) is 0 Å². The number of aryl methyl sites for hydroxylation is 3. The maximum Gasteiger partial charge on any atom is 0.408 e. The van der Waals surface area contributed by atoms with E-state index in [0.717, 1.165) is 23.1 Å². The molecule has 8 nitrogen and oxygen atoms in total. The van der Waals surface area contributed by atoms with Crippen LogP contribution >= 0.6 is 0 Å². The largest absolute Gasteiger partial charge is 0.444 e. The van der Waals surface area contributed by atoms with Gasteiger partial charge in [-0.15, -0.1) is 0 Å². The van der Waals surface area contributed by atoms with E-state index in [2.05, 4.69) is 24.5 Å². The van der Waals surface area contributed by atoms with Crippen LogP contribution in [-0.2, 0) is 14.3 Å². The molecule has 3 amide bonds. The van der Waals surface area contributed by atoms with Gasteiger partial charge in [0.2, 0.25) is 5.91 Å². The Balaban J connectivity index is 2.61. The molecular formula is C32H47N3O5. The van der Waals surface area contributed by atoms with Gasteiger partial charge in [0.15, 0.2) is 0 Å². The number of carbonyl (C=O) groups is 3. The number of aliphatic hydroxyl groups is 1. The normalized spacial score (nSPS) is 13.8. The Labute approximate surface area is 239 Å². The van der Waals surface area contributed by atoms with E-state index >= 15 is 0 Å². The van der Waals surface area contributed by atoms with Gasteiger partial charge in [-0.3, -0.25) is 9.59 Å². The lowest BCUT2D eigenvalue weighted by molar-refractivity contribution is -0.144. The molecule has 0 saturated carbocycles. The zero-order valence-electron chi connectivity index (χ0n) is 25.5. The van der Waals surface area contributed by atoms with E-state index in [1.165, 1.54) is 4.90 Å². The van der Waals surface area contributed by atoms with Crippen LogP contribution < -0.4 is 10.6 Å². The Morgan fingerprint density at radius 2 is 1.55 bits per heavy atom. The van der Waals surface area contributed by atoms with Crippen molar-refractivity contribution in [3.8, 4) is 0 Å². The van der Waals surface area contributed by atoms with Crippen LogP contribution in [0.5, 0.6) is 0 Å². The highest BCUT2D eigenvalue weighted by molar-refractivity contribution is 6.00. The smallest absolute Gasteiger partial charge is 0.408 e. The molecule has 0 aliphatic heterocycles. The third-order valence-corrected chi connectivity index (χ3v) is 6.68. The topological polar surface area (TPSA) is 108 Å². The van der Waals surface area contributed by atoms with Crippen LogP contribution in [0.3, 0.4) is 0 Å². The number of carbonyl (C=O) groups excluding carboxylic acids is 3. The highest BCUT2D eigenvalue weighted by Crippen LogP contribution is 2.30. The maximum absolute atomic E-state index is 14.2. The molecule has 2 aromatic rings. The lowest BCUT2D eigenvalue weighted by Gasteiger charge is -2.38. The van der Waals surface area contributed by atoms with Gasteiger partial charge >= 0.3 is 6.09 Å². The average molecular weight is 554 g/mol. The number of anilines is 1. The minimum Gasteiger partial charge on any atom is -0.444 e. The summed E-state index contributed by atoms with van der Waals surface area (Å²) in [5.41, 5.74) is 3.30. The standard InChI is InChI=1S/C32H47N3O5/c1-20(2)16-17-24(6)35(30(38)26(19-36)33-31(39)40-32(7,8)9)28(25-15-10-12-21(3)18-25)29(37)34-27-22(4)13-11-14-23(27)5/h10-15,18,20,24,26,28,36H,16-17,19H2,1-9H3,(H,33,39)(H,34,37). The number of benzene rings is 2. The van der Waals surface area contributed by atoms with Crippen molar-refractivity contribution in [2.24, 2.45) is 5.92 Å². The Morgan fingerprint density at radius 3 is 2.08 bits per heavy atom. The number of ether oxygens (including phenoxy) is 1. The summed E-state index contributed by atoms with van der Waals surface area (Å²) in [6.45, 7) is 16.4. The number of nitrogens with zero attached hydrogens (tertiary/aromatic N) is 1. The quantitative estimate of drug-likeness (QED) is 0.324. The number of rotatable bonds is 11. The summed E-state index contributed by atoms with van der Waals surface area (Å²) in [7, 11) is 0. The molecule has 0 aromatic heterocycles. The number of hydrogen-bond acceptors (Lipinski definition) is 5. The molecular weight excluding hydrogens is 506 g/mol. The third-order valence-electron chi connectivity index (χ3n) is 6.68. The van der Waals surface area contributed by atoms with Crippen molar-refractivity contribution in [1.82, 2.24) is 10.2 Å². The zero-order valence-corrected chi connectivity index (χ0v) is 25.5. The molecule has 0 saturated heterocycles. The van der Waals surface area contributed by atoms with Crippen molar-refractivity contribution in [2.45, 2.75) is 98.9 Å². The van der Waals surface area contributed by atoms with Gasteiger partial charge in [-0.1, -0.05) is 61.9 Å². The van der Waals surface area contributed by atoms with Crippen LogP contribution in [0, 0.1) is 26.7 Å². The van der Waals surface area contributed by atoms with E-state index in [0.29, 0.717) is 23.6 Å². The number of amides is 3. The summed E-state index contributed by atoms with van der Waals surface area (Å²) >= 11 is 0. The van der Waals surface area contributed by atoms with Gasteiger partial charge in [0.05, 0.1) is 6.61 Å². The van der Waals surface area contributed by atoms with Gasteiger partial charge in [0.25, 0.3) is 5.91 Å². The Kier molecular flexibility index (Phi) is 11.7. The Bertz CT molecular complexity index is 1150. The fraction of sp³-hybridized carbons (Fsp3) is 0.531. The molecule has 2 aromatic carbocycles. The van der Waals surface area contributed by atoms with Crippen molar-refractivity contribution in [3.05, 3.63) is 64.7 Å². The first kappa shape index (κ1) is 32.8. The van der Waals surface area contributed by atoms with Gasteiger partial charge in [0, 0.05) is 11.7 Å². The van der Waals surface area contributed by atoms with Crippen LogP contribution in [0.1, 0.15) is 82.7 Å². The molecule has 0 aliphatic carbocycles. The molecule has 0 radical (unpaired) electrons. The zero-order chi connectivity index (χ0) is 30.2. The van der Waals surface area contributed by atoms with Crippen molar-refractivity contribution >= 4 is 23.6 Å². The van der Waals surface area contributed by atoms with Gasteiger partial charge in [-0.2, -0.15) is 0 Å². The number of hydrogen-bond donors (Lipinski definition) is 3. The second-order valence-electron chi connectivity index (χ2n) is 12.0. The molecule has 3 N–H and O–H groups in total. The molecule has 0 aliphatic rings. The van der Waals surface area contributed by atoms with E-state index < -0.39 is 36.3 Å². The number of alkyl carbamates (subject to hydrolysis) is 1. The van der Waals surface area contributed by atoms with Crippen molar-refractivity contribution in [1.29, 1.82) is 0 Å². The summed E-state index contributed by atoms with van der Waals surface area (Å²) in [6, 6.07) is 10.6. The fourth-order valence-corrected chi connectivity index (χ4v) is 4.61. The molecule has 3 unspecified atom stereocenters. The summed E-state index contributed by atoms with van der Waals surface area (Å²) in [6.07, 6.45) is 0.641. The van der Waals surface area contributed by atoms with Gasteiger partial charge in [-0.05, 0) is 83.9 Å². The minimum atomic E-state index is -1.29. The van der Waals surface area contributed by atoms with Crippen molar-refractivity contribution < 1.29 is 24.2 Å². The Hall–Kier alpha value is -3.39.